The van der Waals surface area contributed by atoms with Gasteiger partial charge in [0, 0.05) is 6.08 Å². The van der Waals surface area contributed by atoms with Crippen molar-refractivity contribution in [2.45, 2.75) is 0 Å². The van der Waals surface area contributed by atoms with Gasteiger partial charge in [-0.15, -0.1) is 0 Å². The summed E-state index contributed by atoms with van der Waals surface area (Å²) in [4.78, 5) is 10.7. The van der Waals surface area contributed by atoms with Gasteiger partial charge < -0.3 is 4.74 Å². The molecule has 0 fully saturated rings. The van der Waals surface area contributed by atoms with Crippen LogP contribution in [0.3, 0.4) is 0 Å². The molecule has 1 aromatic rings. The number of carbonyl (C=O) groups is 1. The minimum absolute atomic E-state index is 0.0300. The molecule has 0 unspecified atom stereocenters. The first kappa shape index (κ1) is 8.33. The highest BCUT2D eigenvalue weighted by atomic mass is 16.5. The van der Waals surface area contributed by atoms with E-state index in [4.69, 9.17) is 0 Å². The molecule has 0 saturated carbocycles. The summed E-state index contributed by atoms with van der Waals surface area (Å²) in [5, 5.41) is 11.0. The molecule has 0 saturated heterocycles. The van der Waals surface area contributed by atoms with Crippen LogP contribution in [0.5, 0.6) is 11.5 Å². The van der Waals surface area contributed by atoms with E-state index in [0.29, 0.717) is 0 Å². The molecule has 61 valence electrons. The highest BCUT2D eigenvalue weighted by Gasteiger charge is 2.05. The molecule has 0 aliphatic carbocycles. The Morgan fingerprint density at radius 3 is 2.67 bits per heavy atom. The van der Waals surface area contributed by atoms with E-state index in [0.717, 1.165) is 6.08 Å². The summed E-state index contributed by atoms with van der Waals surface area (Å²) >= 11 is 0. The molecule has 0 spiro atoms. The monoisotopic (exact) mass is 163 g/mol. The zero-order chi connectivity index (χ0) is 8.97. The average Bonchev–Trinajstić information content (AvgIpc) is 2.09. The zero-order valence-corrected chi connectivity index (χ0v) is 6.32. The topological polar surface area (TPSA) is 46.2 Å². The quantitative estimate of drug-likeness (QED) is 0.380. The summed E-state index contributed by atoms with van der Waals surface area (Å²) in [5.74, 6) is -0.909. The molecule has 0 atom stereocenters. The minimum Gasteiger partial charge on any atom is -0.419 e. The summed E-state index contributed by atoms with van der Waals surface area (Å²) in [5.41, 5.74) is 0. The van der Waals surface area contributed by atoms with Gasteiger partial charge in [0.25, 0.3) is 0 Å². The van der Waals surface area contributed by atoms with Gasteiger partial charge in [-0.1, -0.05) is 18.7 Å². The van der Waals surface area contributed by atoms with E-state index in [-0.39, 0.29) is 11.5 Å². The largest absolute Gasteiger partial charge is 0.419 e. The number of esters is 1. The Bertz CT molecular complexity index is 304. The van der Waals surface area contributed by atoms with Crippen LogP contribution in [-0.2, 0) is 9.90 Å². The Hall–Kier alpha value is -1.77. The third kappa shape index (κ3) is 1.85. The summed E-state index contributed by atoms with van der Waals surface area (Å²) in [6, 6.07) is 5.95. The van der Waals surface area contributed by atoms with Crippen LogP contribution in [0.25, 0.3) is 0 Å². The van der Waals surface area contributed by atoms with Gasteiger partial charge in [0.15, 0.2) is 5.75 Å². The standard InChI is InChI=1S/C9H7O3/c1-2-9(11)12-8-6-4-3-5-7(8)10/h2-6H,1H2. The van der Waals surface area contributed by atoms with Crippen LogP contribution >= 0.6 is 0 Å². The molecule has 1 radical (unpaired) electrons. The lowest BCUT2D eigenvalue weighted by Crippen LogP contribution is -2.02. The molecule has 0 amide bonds. The minimum atomic E-state index is -0.627. The molecule has 1 rings (SSSR count). The van der Waals surface area contributed by atoms with Crippen molar-refractivity contribution in [3.8, 4) is 11.5 Å². The van der Waals surface area contributed by atoms with Crippen LogP contribution in [-0.4, -0.2) is 5.97 Å². The Labute approximate surface area is 69.9 Å². The number of benzene rings is 1. The predicted octanol–water partition coefficient (Wildman–Crippen LogP) is 1.92. The van der Waals surface area contributed by atoms with Gasteiger partial charge in [-0.3, -0.25) is 5.11 Å². The van der Waals surface area contributed by atoms with E-state index in [9.17, 15) is 9.90 Å². The van der Waals surface area contributed by atoms with Crippen molar-refractivity contribution >= 4 is 5.97 Å². The molecule has 12 heavy (non-hydrogen) atoms. The maximum Gasteiger partial charge on any atom is 0.335 e. The fraction of sp³-hybridized carbons (Fsp3) is 0. The molecule has 0 aromatic heterocycles. The molecule has 1 aromatic carbocycles. The van der Waals surface area contributed by atoms with Crippen molar-refractivity contribution in [3.05, 3.63) is 36.9 Å². The summed E-state index contributed by atoms with van der Waals surface area (Å²) in [6.07, 6.45) is 1.01. The van der Waals surface area contributed by atoms with Crippen molar-refractivity contribution in [1.29, 1.82) is 0 Å². The van der Waals surface area contributed by atoms with Crippen molar-refractivity contribution in [2.75, 3.05) is 0 Å². The third-order valence-electron chi connectivity index (χ3n) is 1.23. The Morgan fingerprint density at radius 2 is 2.08 bits per heavy atom. The fourth-order valence-corrected chi connectivity index (χ4v) is 0.685. The molecule has 3 heteroatoms. The number of rotatable bonds is 2. The van der Waals surface area contributed by atoms with E-state index in [1.165, 1.54) is 12.1 Å². The third-order valence-corrected chi connectivity index (χ3v) is 1.23. The normalized spacial score (nSPS) is 9.00. The highest BCUT2D eigenvalue weighted by Crippen LogP contribution is 2.25. The molecule has 0 aliphatic heterocycles. The summed E-state index contributed by atoms with van der Waals surface area (Å²) < 4.78 is 4.62. The van der Waals surface area contributed by atoms with Crippen molar-refractivity contribution < 1.29 is 14.6 Å². The molecule has 0 N–H and O–H groups in total. The van der Waals surface area contributed by atoms with Crippen molar-refractivity contribution in [1.82, 2.24) is 0 Å². The van der Waals surface area contributed by atoms with Gasteiger partial charge in [0.05, 0.1) is 0 Å². The highest BCUT2D eigenvalue weighted by molar-refractivity contribution is 5.83. The fourth-order valence-electron chi connectivity index (χ4n) is 0.685. The van der Waals surface area contributed by atoms with E-state index in [1.807, 2.05) is 0 Å². The summed E-state index contributed by atoms with van der Waals surface area (Å²) in [7, 11) is 0. The van der Waals surface area contributed by atoms with Crippen LogP contribution in [0.2, 0.25) is 0 Å². The zero-order valence-electron chi connectivity index (χ0n) is 6.32. The van der Waals surface area contributed by atoms with Crippen LogP contribution < -0.4 is 4.74 Å². The smallest absolute Gasteiger partial charge is 0.335 e. The van der Waals surface area contributed by atoms with Crippen molar-refractivity contribution in [3.63, 3.8) is 0 Å². The van der Waals surface area contributed by atoms with E-state index in [1.54, 1.807) is 12.1 Å². The first-order valence-corrected chi connectivity index (χ1v) is 3.34. The number of para-hydroxylation sites is 2. The maximum absolute atomic E-state index is 11.0. The first-order chi connectivity index (χ1) is 5.74. The number of carbonyl (C=O) groups excluding carboxylic acids is 1. The number of ether oxygens (including phenoxy) is 1. The van der Waals surface area contributed by atoms with Crippen LogP contribution in [0.4, 0.5) is 0 Å². The van der Waals surface area contributed by atoms with Gasteiger partial charge in [-0.05, 0) is 12.1 Å². The van der Waals surface area contributed by atoms with Crippen molar-refractivity contribution in [2.24, 2.45) is 0 Å². The average molecular weight is 163 g/mol. The summed E-state index contributed by atoms with van der Waals surface area (Å²) in [6.45, 7) is 3.21. The molecule has 3 nitrogen and oxygen atoms in total. The lowest BCUT2D eigenvalue weighted by atomic mass is 10.3. The first-order valence-electron chi connectivity index (χ1n) is 3.34. The van der Waals surface area contributed by atoms with E-state index < -0.39 is 5.97 Å². The van der Waals surface area contributed by atoms with Crippen LogP contribution in [0.15, 0.2) is 36.9 Å². The lowest BCUT2D eigenvalue weighted by molar-refractivity contribution is -0.129. The van der Waals surface area contributed by atoms with Crippen LogP contribution in [0, 0.1) is 0 Å². The van der Waals surface area contributed by atoms with E-state index >= 15 is 0 Å². The molecular weight excluding hydrogens is 156 g/mol. The van der Waals surface area contributed by atoms with Gasteiger partial charge in [0.2, 0.25) is 5.75 Å². The van der Waals surface area contributed by atoms with Gasteiger partial charge in [-0.25, -0.2) is 4.79 Å². The molecule has 0 heterocycles. The lowest BCUT2D eigenvalue weighted by Gasteiger charge is -1.99. The number of hydrogen-bond acceptors (Lipinski definition) is 2. The second-order valence-corrected chi connectivity index (χ2v) is 2.07. The SMILES string of the molecule is C=CC(=O)Oc1ccccc1[O]. The van der Waals surface area contributed by atoms with Gasteiger partial charge in [0.1, 0.15) is 0 Å². The maximum atomic E-state index is 11.0. The van der Waals surface area contributed by atoms with Gasteiger partial charge in [-0.2, -0.15) is 0 Å². The number of hydrogen-bond donors (Lipinski definition) is 0. The Kier molecular flexibility index (Phi) is 2.48. The molecule has 0 aliphatic rings. The van der Waals surface area contributed by atoms with Gasteiger partial charge >= 0.3 is 5.97 Å². The second-order valence-electron chi connectivity index (χ2n) is 2.07. The Balaban J connectivity index is 2.82. The Morgan fingerprint density at radius 1 is 1.42 bits per heavy atom. The predicted molar refractivity (Wildman–Crippen MR) is 42.4 cm³/mol. The van der Waals surface area contributed by atoms with Crippen LogP contribution in [0.1, 0.15) is 0 Å². The molecular formula is C9H7O3. The molecule has 0 bridgehead atoms. The second kappa shape index (κ2) is 3.57. The van der Waals surface area contributed by atoms with E-state index in [2.05, 4.69) is 11.3 Å².